The number of hydrogen-bond acceptors (Lipinski definition) is 6. The van der Waals surface area contributed by atoms with Crippen molar-refractivity contribution in [2.45, 2.75) is 225 Å². The fourth-order valence-electron chi connectivity index (χ4n) is 6.24. The van der Waals surface area contributed by atoms with Gasteiger partial charge in [0.15, 0.2) is 6.10 Å². The van der Waals surface area contributed by atoms with Crippen LogP contribution in [-0.4, -0.2) is 41.0 Å². The first-order chi connectivity index (χ1) is 25.3. The normalized spacial score (nSPS) is 12.6. The topological polar surface area (TPSA) is 119 Å². The van der Waals surface area contributed by atoms with Crippen LogP contribution < -0.4 is 0 Å². The molecule has 52 heavy (non-hydrogen) atoms. The van der Waals surface area contributed by atoms with Gasteiger partial charge in [0.05, 0.1) is 6.61 Å². The maximum atomic E-state index is 12.4. The predicted octanol–water partition coefficient (Wildman–Crippen LogP) is 13.2. The lowest BCUT2D eigenvalue weighted by atomic mass is 10.0. The van der Waals surface area contributed by atoms with E-state index in [1.54, 1.807) is 0 Å². The molecule has 0 bridgehead atoms. The SMILES string of the molecule is CCC/C=C\C/C=C\CCCCCCCC(=O)OC(COC(=O)CCCCCCCCCCCCCCCCCCCCCCC)COP(=O)(O)O. The highest BCUT2D eigenvalue weighted by Gasteiger charge is 2.22. The van der Waals surface area contributed by atoms with Gasteiger partial charge in [-0.2, -0.15) is 0 Å². The molecular formula is C43H81O8P. The van der Waals surface area contributed by atoms with E-state index in [2.05, 4.69) is 42.7 Å². The standard InChI is InChI=1S/C43H81O8P/c1-3-5-7-9-11-13-15-17-18-19-20-21-22-23-24-26-27-29-31-33-35-37-42(44)49-39-41(40-50-52(46,47)48)51-43(45)38-36-34-32-30-28-25-16-14-12-10-8-6-4-2/h8,10,14,16,41H,3-7,9,11-13,15,17-40H2,1-2H3,(H2,46,47,48)/b10-8-,16-14-. The Morgan fingerprint density at radius 3 is 1.35 bits per heavy atom. The minimum atomic E-state index is -4.75. The Balaban J connectivity index is 3.83. The molecule has 0 fully saturated rings. The van der Waals surface area contributed by atoms with Crippen LogP contribution in [0.5, 0.6) is 0 Å². The zero-order valence-corrected chi connectivity index (χ0v) is 34.6. The molecule has 2 N–H and O–H groups in total. The highest BCUT2D eigenvalue weighted by molar-refractivity contribution is 7.46. The highest BCUT2D eigenvalue weighted by atomic mass is 31.2. The molecule has 9 heteroatoms. The third-order valence-electron chi connectivity index (χ3n) is 9.45. The Labute approximate surface area is 319 Å². The number of carbonyl (C=O) groups excluding carboxylic acids is 2. The Morgan fingerprint density at radius 2 is 0.904 bits per heavy atom. The zero-order chi connectivity index (χ0) is 38.2. The lowest BCUT2D eigenvalue weighted by Crippen LogP contribution is -2.29. The molecule has 0 aliphatic heterocycles. The fraction of sp³-hybridized carbons (Fsp3) is 0.860. The maximum absolute atomic E-state index is 12.4. The Hall–Kier alpha value is -1.47. The minimum absolute atomic E-state index is 0.198. The van der Waals surface area contributed by atoms with Crippen LogP contribution in [-0.2, 0) is 28.2 Å². The first-order valence-electron chi connectivity index (χ1n) is 21.6. The number of ether oxygens (including phenoxy) is 2. The summed E-state index contributed by atoms with van der Waals surface area (Å²) in [6.45, 7) is 3.63. The lowest BCUT2D eigenvalue weighted by molar-refractivity contribution is -0.161. The van der Waals surface area contributed by atoms with Gasteiger partial charge in [0.2, 0.25) is 0 Å². The Kier molecular flexibility index (Phi) is 38.1. The van der Waals surface area contributed by atoms with Gasteiger partial charge in [-0.05, 0) is 38.5 Å². The smallest absolute Gasteiger partial charge is 0.462 e. The molecule has 0 rings (SSSR count). The van der Waals surface area contributed by atoms with Crippen molar-refractivity contribution in [3.05, 3.63) is 24.3 Å². The van der Waals surface area contributed by atoms with Crippen LogP contribution >= 0.6 is 7.82 Å². The van der Waals surface area contributed by atoms with E-state index in [9.17, 15) is 14.2 Å². The molecule has 0 aromatic carbocycles. The molecule has 0 amide bonds. The third-order valence-corrected chi connectivity index (χ3v) is 9.94. The summed E-state index contributed by atoms with van der Waals surface area (Å²) in [5.74, 6) is -0.892. The number of unbranched alkanes of at least 4 members (excludes halogenated alkanes) is 26. The van der Waals surface area contributed by atoms with E-state index in [4.69, 9.17) is 19.3 Å². The summed E-state index contributed by atoms with van der Waals surface area (Å²) in [5, 5.41) is 0. The zero-order valence-electron chi connectivity index (χ0n) is 33.7. The summed E-state index contributed by atoms with van der Waals surface area (Å²) in [6, 6.07) is 0. The van der Waals surface area contributed by atoms with Crippen LogP contribution in [0.15, 0.2) is 24.3 Å². The van der Waals surface area contributed by atoms with Gasteiger partial charge in [0.25, 0.3) is 0 Å². The second-order valence-corrected chi connectivity index (χ2v) is 15.9. The molecule has 0 heterocycles. The summed E-state index contributed by atoms with van der Waals surface area (Å²) in [5.41, 5.74) is 0. The number of rotatable bonds is 40. The van der Waals surface area contributed by atoms with Crippen molar-refractivity contribution in [1.82, 2.24) is 0 Å². The molecular weight excluding hydrogens is 675 g/mol. The molecule has 0 saturated heterocycles. The average molecular weight is 757 g/mol. The number of hydrogen-bond donors (Lipinski definition) is 2. The van der Waals surface area contributed by atoms with Crippen molar-refractivity contribution in [3.8, 4) is 0 Å². The monoisotopic (exact) mass is 757 g/mol. The van der Waals surface area contributed by atoms with E-state index in [1.807, 2.05) is 0 Å². The average Bonchev–Trinajstić information content (AvgIpc) is 3.11. The maximum Gasteiger partial charge on any atom is 0.469 e. The van der Waals surface area contributed by atoms with Gasteiger partial charge >= 0.3 is 19.8 Å². The summed E-state index contributed by atoms with van der Waals surface area (Å²) < 4.78 is 26.4. The molecule has 8 nitrogen and oxygen atoms in total. The van der Waals surface area contributed by atoms with E-state index in [0.29, 0.717) is 6.42 Å². The predicted molar refractivity (Wildman–Crippen MR) is 216 cm³/mol. The van der Waals surface area contributed by atoms with Crippen molar-refractivity contribution >= 4 is 19.8 Å². The quantitative estimate of drug-likeness (QED) is 0.0274. The van der Waals surface area contributed by atoms with Crippen LogP contribution in [0.4, 0.5) is 0 Å². The third kappa shape index (κ3) is 41.3. The molecule has 0 aromatic rings. The van der Waals surface area contributed by atoms with Crippen molar-refractivity contribution in [2.24, 2.45) is 0 Å². The Morgan fingerprint density at radius 1 is 0.500 bits per heavy atom. The molecule has 0 radical (unpaired) electrons. The van der Waals surface area contributed by atoms with E-state index in [-0.39, 0.29) is 19.4 Å². The fourth-order valence-corrected chi connectivity index (χ4v) is 6.60. The summed E-state index contributed by atoms with van der Waals surface area (Å²) >= 11 is 0. The van der Waals surface area contributed by atoms with Gasteiger partial charge in [-0.1, -0.05) is 192 Å². The van der Waals surface area contributed by atoms with Gasteiger partial charge in [-0.25, -0.2) is 4.57 Å². The van der Waals surface area contributed by atoms with Crippen molar-refractivity contribution in [1.29, 1.82) is 0 Å². The molecule has 0 saturated carbocycles. The van der Waals surface area contributed by atoms with Crippen molar-refractivity contribution < 1.29 is 37.9 Å². The van der Waals surface area contributed by atoms with E-state index < -0.39 is 32.5 Å². The van der Waals surface area contributed by atoms with Gasteiger partial charge in [-0.15, -0.1) is 0 Å². The van der Waals surface area contributed by atoms with Crippen molar-refractivity contribution in [2.75, 3.05) is 13.2 Å². The second kappa shape index (κ2) is 39.2. The highest BCUT2D eigenvalue weighted by Crippen LogP contribution is 2.36. The van der Waals surface area contributed by atoms with Crippen LogP contribution in [0, 0.1) is 0 Å². The van der Waals surface area contributed by atoms with Gasteiger partial charge in [0, 0.05) is 12.8 Å². The molecule has 1 unspecified atom stereocenters. The first kappa shape index (κ1) is 50.5. The van der Waals surface area contributed by atoms with Crippen LogP contribution in [0.1, 0.15) is 219 Å². The number of allylic oxidation sites excluding steroid dienone is 4. The van der Waals surface area contributed by atoms with Crippen molar-refractivity contribution in [3.63, 3.8) is 0 Å². The van der Waals surface area contributed by atoms with E-state index in [1.165, 1.54) is 122 Å². The number of carbonyl (C=O) groups is 2. The summed E-state index contributed by atoms with van der Waals surface area (Å²) in [4.78, 5) is 42.8. The summed E-state index contributed by atoms with van der Waals surface area (Å²) in [7, 11) is -4.75. The largest absolute Gasteiger partial charge is 0.469 e. The van der Waals surface area contributed by atoms with Crippen LogP contribution in [0.2, 0.25) is 0 Å². The van der Waals surface area contributed by atoms with E-state index >= 15 is 0 Å². The van der Waals surface area contributed by atoms with Gasteiger partial charge in [-0.3, -0.25) is 14.1 Å². The summed E-state index contributed by atoms with van der Waals surface area (Å²) in [6.07, 6.45) is 44.8. The molecule has 0 aromatic heterocycles. The molecule has 306 valence electrons. The number of esters is 2. The van der Waals surface area contributed by atoms with Gasteiger partial charge in [0.1, 0.15) is 6.61 Å². The number of phosphoric acid groups is 1. The first-order valence-corrected chi connectivity index (χ1v) is 23.2. The van der Waals surface area contributed by atoms with Gasteiger partial charge < -0.3 is 19.3 Å². The molecule has 1 atom stereocenters. The molecule has 0 spiro atoms. The van der Waals surface area contributed by atoms with Crippen LogP contribution in [0.3, 0.4) is 0 Å². The van der Waals surface area contributed by atoms with E-state index in [0.717, 1.165) is 64.2 Å². The van der Waals surface area contributed by atoms with Crippen LogP contribution in [0.25, 0.3) is 0 Å². The molecule has 0 aliphatic rings. The second-order valence-electron chi connectivity index (χ2n) is 14.7. The lowest BCUT2D eigenvalue weighted by Gasteiger charge is -2.18. The minimum Gasteiger partial charge on any atom is -0.462 e. The Bertz CT molecular complexity index is 900. The number of phosphoric ester groups is 1. The molecule has 0 aliphatic carbocycles.